The number of carbonyl (C=O) groups excluding carboxylic acids is 2. The molecule has 0 saturated carbocycles. The maximum atomic E-state index is 13.4. The van der Waals surface area contributed by atoms with Gasteiger partial charge in [-0.1, -0.05) is 54.1 Å². The first-order valence-electron chi connectivity index (χ1n) is 10.7. The largest absolute Gasteiger partial charge is 0.484 e. The zero-order chi connectivity index (χ0) is 23.6. The van der Waals surface area contributed by atoms with Crippen LogP contribution < -0.4 is 10.1 Å². The normalized spacial score (nSPS) is 11.5. The molecule has 172 valence electrons. The summed E-state index contributed by atoms with van der Waals surface area (Å²) in [6.07, 6.45) is 0.391. The van der Waals surface area contributed by atoms with Crippen LogP contribution in [0.1, 0.15) is 18.1 Å². The first kappa shape index (κ1) is 25.1. The third kappa shape index (κ3) is 7.75. The van der Waals surface area contributed by atoms with E-state index in [0.717, 1.165) is 14.7 Å². The molecule has 0 radical (unpaired) electrons. The molecule has 0 spiro atoms. The number of nitrogens with zero attached hydrogens (tertiary/aromatic N) is 1. The van der Waals surface area contributed by atoms with Gasteiger partial charge in [0.25, 0.3) is 5.91 Å². The van der Waals surface area contributed by atoms with Crippen LogP contribution in [0.2, 0.25) is 5.02 Å². The summed E-state index contributed by atoms with van der Waals surface area (Å²) in [5.74, 6) is 0.121. The van der Waals surface area contributed by atoms with E-state index in [4.69, 9.17) is 16.3 Å². The highest BCUT2D eigenvalue weighted by molar-refractivity contribution is 14.1. The van der Waals surface area contributed by atoms with Gasteiger partial charge in [-0.3, -0.25) is 9.59 Å². The fraction of sp³-hybridized carbons (Fsp3) is 0.231. The van der Waals surface area contributed by atoms with E-state index in [2.05, 4.69) is 27.9 Å². The molecule has 0 aliphatic rings. The second kappa shape index (κ2) is 12.6. The molecular formula is C26H26ClIN2O3. The average Bonchev–Trinajstić information content (AvgIpc) is 2.81. The van der Waals surface area contributed by atoms with Gasteiger partial charge >= 0.3 is 0 Å². The van der Waals surface area contributed by atoms with Crippen LogP contribution in [-0.4, -0.2) is 35.9 Å². The fourth-order valence-corrected chi connectivity index (χ4v) is 4.01. The van der Waals surface area contributed by atoms with Gasteiger partial charge in [0.15, 0.2) is 6.61 Å². The van der Waals surface area contributed by atoms with E-state index in [1.54, 1.807) is 17.0 Å². The Hall–Kier alpha value is -2.58. The number of rotatable bonds is 10. The molecule has 0 unspecified atom stereocenters. The smallest absolute Gasteiger partial charge is 0.261 e. The fourth-order valence-electron chi connectivity index (χ4n) is 3.44. The number of hydrogen-bond donors (Lipinski definition) is 1. The summed E-state index contributed by atoms with van der Waals surface area (Å²) in [7, 11) is 0. The van der Waals surface area contributed by atoms with Crippen molar-refractivity contribution in [2.24, 2.45) is 0 Å². The van der Waals surface area contributed by atoms with Gasteiger partial charge in [0, 0.05) is 28.1 Å². The van der Waals surface area contributed by atoms with Gasteiger partial charge in [0.1, 0.15) is 11.8 Å². The summed E-state index contributed by atoms with van der Waals surface area (Å²) in [6, 6.07) is 23.8. The lowest BCUT2D eigenvalue weighted by atomic mass is 10.0. The van der Waals surface area contributed by atoms with Crippen LogP contribution in [0.15, 0.2) is 78.9 Å². The molecule has 0 aromatic heterocycles. The van der Waals surface area contributed by atoms with Gasteiger partial charge in [-0.15, -0.1) is 0 Å². The molecule has 0 bridgehead atoms. The maximum absolute atomic E-state index is 13.4. The second-order valence-electron chi connectivity index (χ2n) is 7.49. The summed E-state index contributed by atoms with van der Waals surface area (Å²) in [5.41, 5.74) is 1.81. The van der Waals surface area contributed by atoms with Crippen LogP contribution >= 0.6 is 34.2 Å². The number of likely N-dealkylation sites (N-methyl/N-ethyl adjacent to an activating group) is 1. The predicted octanol–water partition coefficient (Wildman–Crippen LogP) is 5.10. The van der Waals surface area contributed by atoms with E-state index >= 15 is 0 Å². The topological polar surface area (TPSA) is 58.6 Å². The Bertz CT molecular complexity index is 1060. The van der Waals surface area contributed by atoms with E-state index in [-0.39, 0.29) is 25.0 Å². The van der Waals surface area contributed by atoms with Crippen LogP contribution in [0.5, 0.6) is 5.75 Å². The standard InChI is InChI=1S/C26H26ClIN2O3/c1-2-29-26(32)24(16-19-7-4-3-5-8-19)30(17-20-9-6-10-21(27)15-20)25(31)18-33-23-13-11-22(28)12-14-23/h3-15,24H,2,16-18H2,1H3,(H,29,32)/t24-/m0/s1. The van der Waals surface area contributed by atoms with Gasteiger partial charge in [0.05, 0.1) is 0 Å². The summed E-state index contributed by atoms with van der Waals surface area (Å²) in [4.78, 5) is 28.1. The van der Waals surface area contributed by atoms with Crippen molar-refractivity contribution in [1.82, 2.24) is 10.2 Å². The highest BCUT2D eigenvalue weighted by Crippen LogP contribution is 2.19. The minimum atomic E-state index is -0.695. The van der Waals surface area contributed by atoms with Crippen molar-refractivity contribution in [3.05, 3.63) is 98.6 Å². The van der Waals surface area contributed by atoms with Crippen LogP contribution in [-0.2, 0) is 22.6 Å². The minimum Gasteiger partial charge on any atom is -0.484 e. The predicted molar refractivity (Wildman–Crippen MR) is 139 cm³/mol. The summed E-state index contributed by atoms with van der Waals surface area (Å²) in [5, 5.41) is 3.45. The van der Waals surface area contributed by atoms with Gasteiger partial charge in [-0.2, -0.15) is 0 Å². The van der Waals surface area contributed by atoms with Gasteiger partial charge in [0.2, 0.25) is 5.91 Å². The quantitative estimate of drug-likeness (QED) is 0.342. The molecule has 7 heteroatoms. The molecular weight excluding hydrogens is 551 g/mol. The second-order valence-corrected chi connectivity index (χ2v) is 9.18. The van der Waals surface area contributed by atoms with Crippen LogP contribution in [0.25, 0.3) is 0 Å². The number of carbonyl (C=O) groups is 2. The number of benzene rings is 3. The van der Waals surface area contributed by atoms with Gasteiger partial charge in [-0.25, -0.2) is 0 Å². The number of halogens is 2. The van der Waals surface area contributed by atoms with E-state index in [1.165, 1.54) is 0 Å². The number of ether oxygens (including phenoxy) is 1. The molecule has 0 saturated heterocycles. The molecule has 0 aliphatic heterocycles. The average molecular weight is 577 g/mol. The van der Waals surface area contributed by atoms with Crippen LogP contribution in [0, 0.1) is 3.57 Å². The first-order valence-corrected chi connectivity index (χ1v) is 12.2. The highest BCUT2D eigenvalue weighted by Gasteiger charge is 2.30. The zero-order valence-electron chi connectivity index (χ0n) is 18.3. The third-order valence-corrected chi connectivity index (χ3v) is 5.99. The van der Waals surface area contributed by atoms with Crippen molar-refractivity contribution in [1.29, 1.82) is 0 Å². The number of hydrogen-bond acceptors (Lipinski definition) is 3. The molecule has 0 fully saturated rings. The van der Waals surface area contributed by atoms with Crippen LogP contribution in [0.4, 0.5) is 0 Å². The summed E-state index contributed by atoms with van der Waals surface area (Å²) < 4.78 is 6.83. The highest BCUT2D eigenvalue weighted by atomic mass is 127. The lowest BCUT2D eigenvalue weighted by Gasteiger charge is -2.31. The molecule has 1 atom stereocenters. The Balaban J connectivity index is 1.88. The van der Waals surface area contributed by atoms with Crippen LogP contribution in [0.3, 0.4) is 0 Å². The Morgan fingerprint density at radius 2 is 1.70 bits per heavy atom. The van der Waals surface area contributed by atoms with Crippen molar-refractivity contribution >= 4 is 46.0 Å². The molecule has 3 rings (SSSR count). The number of amides is 2. The number of nitrogens with one attached hydrogen (secondary N) is 1. The molecule has 3 aromatic carbocycles. The molecule has 5 nitrogen and oxygen atoms in total. The molecule has 0 aliphatic carbocycles. The zero-order valence-corrected chi connectivity index (χ0v) is 21.3. The Labute approximate surface area is 213 Å². The third-order valence-electron chi connectivity index (χ3n) is 5.04. The molecule has 1 N–H and O–H groups in total. The summed E-state index contributed by atoms with van der Waals surface area (Å²) >= 11 is 8.39. The van der Waals surface area contributed by atoms with Gasteiger partial charge in [-0.05, 0) is 77.0 Å². The SMILES string of the molecule is CCNC(=O)[C@H](Cc1ccccc1)N(Cc1cccc(Cl)c1)C(=O)COc1ccc(I)cc1. The van der Waals surface area contributed by atoms with Crippen molar-refractivity contribution in [2.45, 2.75) is 25.9 Å². The first-order chi connectivity index (χ1) is 16.0. The van der Waals surface area contributed by atoms with E-state index in [1.807, 2.05) is 73.7 Å². The summed E-state index contributed by atoms with van der Waals surface area (Å²) in [6.45, 7) is 2.40. The monoisotopic (exact) mass is 576 g/mol. The van der Waals surface area contributed by atoms with Gasteiger partial charge < -0.3 is 15.0 Å². The maximum Gasteiger partial charge on any atom is 0.261 e. The molecule has 33 heavy (non-hydrogen) atoms. The molecule has 3 aromatic rings. The molecule has 2 amide bonds. The Morgan fingerprint density at radius 3 is 2.36 bits per heavy atom. The van der Waals surface area contributed by atoms with E-state index < -0.39 is 6.04 Å². The lowest BCUT2D eigenvalue weighted by molar-refractivity contribution is -0.142. The molecule has 0 heterocycles. The Kier molecular flexibility index (Phi) is 9.57. The Morgan fingerprint density at radius 1 is 1.00 bits per heavy atom. The van der Waals surface area contributed by atoms with Crippen molar-refractivity contribution in [3.8, 4) is 5.75 Å². The lowest BCUT2D eigenvalue weighted by Crippen LogP contribution is -2.51. The van der Waals surface area contributed by atoms with E-state index in [0.29, 0.717) is 23.7 Å². The van der Waals surface area contributed by atoms with Crippen molar-refractivity contribution in [2.75, 3.05) is 13.2 Å². The van der Waals surface area contributed by atoms with Crippen molar-refractivity contribution in [3.63, 3.8) is 0 Å². The minimum absolute atomic E-state index is 0.175. The van der Waals surface area contributed by atoms with Crippen molar-refractivity contribution < 1.29 is 14.3 Å². The van der Waals surface area contributed by atoms with E-state index in [9.17, 15) is 9.59 Å².